The van der Waals surface area contributed by atoms with Crippen molar-refractivity contribution in [2.45, 2.75) is 6.18 Å². The molecule has 0 saturated heterocycles. The molecule has 6 nitrogen and oxygen atoms in total. The molecule has 0 fully saturated rings. The van der Waals surface area contributed by atoms with Crippen LogP contribution in [0.2, 0.25) is 0 Å². The third-order valence-electron chi connectivity index (χ3n) is 2.86. The monoisotopic (exact) mass is 307 g/mol. The third kappa shape index (κ3) is 2.60. The summed E-state index contributed by atoms with van der Waals surface area (Å²) < 4.78 is 37.2. The number of nitrogens with zero attached hydrogens (tertiary/aromatic N) is 3. The molecule has 0 radical (unpaired) electrons. The lowest BCUT2D eigenvalue weighted by molar-refractivity contribution is -0.144. The van der Waals surface area contributed by atoms with Crippen molar-refractivity contribution in [2.24, 2.45) is 0 Å². The predicted octanol–water partition coefficient (Wildman–Crippen LogP) is 2.62. The average Bonchev–Trinajstić information content (AvgIpc) is 2.95. The standard InChI is InChI=1S/C13H8F3N5O/c14-13(15,16)11-19-12(21-20-11)18-10(22)8-5-1-3-7-4-2-6-17-9(7)8/h1-6H,(H2,18,19,20,21,22). The number of amides is 1. The van der Waals surface area contributed by atoms with Crippen LogP contribution in [0.4, 0.5) is 19.1 Å². The highest BCUT2D eigenvalue weighted by molar-refractivity contribution is 6.11. The minimum Gasteiger partial charge on any atom is -0.289 e. The van der Waals surface area contributed by atoms with Crippen LogP contribution in [0.25, 0.3) is 10.9 Å². The molecule has 0 saturated carbocycles. The van der Waals surface area contributed by atoms with Gasteiger partial charge in [-0.2, -0.15) is 18.2 Å². The summed E-state index contributed by atoms with van der Waals surface area (Å²) in [4.78, 5) is 19.4. The van der Waals surface area contributed by atoms with Crippen LogP contribution in [0.5, 0.6) is 0 Å². The molecule has 0 spiro atoms. The maximum Gasteiger partial charge on any atom is 0.451 e. The van der Waals surface area contributed by atoms with Gasteiger partial charge >= 0.3 is 6.18 Å². The van der Waals surface area contributed by atoms with Gasteiger partial charge in [-0.3, -0.25) is 20.2 Å². The zero-order valence-electron chi connectivity index (χ0n) is 10.8. The second-order valence-electron chi connectivity index (χ2n) is 4.34. The van der Waals surface area contributed by atoms with E-state index < -0.39 is 23.9 Å². The quantitative estimate of drug-likeness (QED) is 0.762. The minimum atomic E-state index is -4.66. The van der Waals surface area contributed by atoms with Crippen molar-refractivity contribution < 1.29 is 18.0 Å². The first kappa shape index (κ1) is 14.0. The smallest absolute Gasteiger partial charge is 0.289 e. The van der Waals surface area contributed by atoms with Gasteiger partial charge in [0.25, 0.3) is 5.91 Å². The fourth-order valence-electron chi connectivity index (χ4n) is 1.90. The highest BCUT2D eigenvalue weighted by Gasteiger charge is 2.35. The Morgan fingerprint density at radius 3 is 2.68 bits per heavy atom. The van der Waals surface area contributed by atoms with E-state index in [1.54, 1.807) is 29.4 Å². The lowest BCUT2D eigenvalue weighted by Crippen LogP contribution is -2.14. The van der Waals surface area contributed by atoms with Crippen LogP contribution >= 0.6 is 0 Å². The summed E-state index contributed by atoms with van der Waals surface area (Å²) in [6, 6.07) is 8.43. The average molecular weight is 307 g/mol. The molecule has 0 aliphatic rings. The van der Waals surface area contributed by atoms with Crippen LogP contribution in [0.1, 0.15) is 16.2 Å². The molecule has 0 bridgehead atoms. The molecule has 9 heteroatoms. The van der Waals surface area contributed by atoms with Gasteiger partial charge in [-0.1, -0.05) is 18.2 Å². The van der Waals surface area contributed by atoms with E-state index in [-0.39, 0.29) is 5.56 Å². The van der Waals surface area contributed by atoms with Crippen molar-refractivity contribution in [3.05, 3.63) is 47.9 Å². The van der Waals surface area contributed by atoms with E-state index in [1.807, 2.05) is 0 Å². The highest BCUT2D eigenvalue weighted by atomic mass is 19.4. The van der Waals surface area contributed by atoms with Gasteiger partial charge < -0.3 is 0 Å². The molecular formula is C13H8F3N5O. The summed E-state index contributed by atoms with van der Waals surface area (Å²) in [5, 5.41) is 7.99. The number of carbonyl (C=O) groups is 1. The summed E-state index contributed by atoms with van der Waals surface area (Å²) in [6.45, 7) is 0. The number of halogens is 3. The van der Waals surface area contributed by atoms with E-state index in [1.165, 1.54) is 12.3 Å². The Hall–Kier alpha value is -2.97. The van der Waals surface area contributed by atoms with Crippen molar-refractivity contribution in [1.82, 2.24) is 20.2 Å². The number of aromatic nitrogens is 4. The van der Waals surface area contributed by atoms with Crippen molar-refractivity contribution in [3.63, 3.8) is 0 Å². The van der Waals surface area contributed by atoms with Crippen LogP contribution in [-0.4, -0.2) is 26.1 Å². The molecule has 2 aromatic heterocycles. The maximum atomic E-state index is 12.4. The number of nitrogens with one attached hydrogen (secondary N) is 2. The van der Waals surface area contributed by atoms with Crippen LogP contribution in [-0.2, 0) is 6.18 Å². The van der Waals surface area contributed by atoms with E-state index in [0.29, 0.717) is 5.52 Å². The van der Waals surface area contributed by atoms with Crippen molar-refractivity contribution in [1.29, 1.82) is 0 Å². The number of para-hydroxylation sites is 1. The molecule has 0 atom stereocenters. The Morgan fingerprint density at radius 2 is 1.95 bits per heavy atom. The first-order valence-corrected chi connectivity index (χ1v) is 6.10. The molecule has 0 aliphatic heterocycles. The Kier molecular flexibility index (Phi) is 3.24. The van der Waals surface area contributed by atoms with E-state index in [2.05, 4.69) is 20.4 Å². The van der Waals surface area contributed by atoms with Crippen molar-refractivity contribution >= 4 is 22.8 Å². The number of anilines is 1. The molecule has 2 N–H and O–H groups in total. The summed E-state index contributed by atoms with van der Waals surface area (Å²) in [7, 11) is 0. The first-order valence-electron chi connectivity index (χ1n) is 6.10. The lowest BCUT2D eigenvalue weighted by Gasteiger charge is -2.04. The molecule has 3 aromatic rings. The Labute approximate surface area is 121 Å². The van der Waals surface area contributed by atoms with Crippen LogP contribution in [0, 0.1) is 0 Å². The summed E-state index contributed by atoms with van der Waals surface area (Å²) in [5.74, 6) is -2.37. The van der Waals surface area contributed by atoms with Crippen molar-refractivity contribution in [2.75, 3.05) is 5.32 Å². The summed E-state index contributed by atoms with van der Waals surface area (Å²) >= 11 is 0. The van der Waals surface area contributed by atoms with Gasteiger partial charge in [-0.05, 0) is 12.1 Å². The third-order valence-corrected chi connectivity index (χ3v) is 2.86. The number of fused-ring (bicyclic) bond motifs is 1. The molecule has 1 amide bonds. The van der Waals surface area contributed by atoms with Gasteiger partial charge in [0.05, 0.1) is 11.1 Å². The fraction of sp³-hybridized carbons (Fsp3) is 0.0769. The van der Waals surface area contributed by atoms with E-state index >= 15 is 0 Å². The molecule has 112 valence electrons. The number of H-pyrrole nitrogens is 1. The summed E-state index contributed by atoms with van der Waals surface area (Å²) in [6.07, 6.45) is -3.13. The van der Waals surface area contributed by atoms with Crippen LogP contribution < -0.4 is 5.32 Å². The number of alkyl halides is 3. The van der Waals surface area contributed by atoms with Crippen LogP contribution in [0.15, 0.2) is 36.5 Å². The van der Waals surface area contributed by atoms with Crippen LogP contribution in [0.3, 0.4) is 0 Å². The molecule has 3 rings (SSSR count). The number of benzene rings is 1. The van der Waals surface area contributed by atoms with Gasteiger partial charge in [0.2, 0.25) is 11.8 Å². The predicted molar refractivity (Wildman–Crippen MR) is 71.1 cm³/mol. The lowest BCUT2D eigenvalue weighted by atomic mass is 10.1. The topological polar surface area (TPSA) is 83.6 Å². The van der Waals surface area contributed by atoms with Gasteiger partial charge in [-0.25, -0.2) is 0 Å². The number of hydrogen-bond acceptors (Lipinski definition) is 4. The molecule has 1 aromatic carbocycles. The Balaban J connectivity index is 1.89. The largest absolute Gasteiger partial charge is 0.451 e. The normalized spacial score (nSPS) is 11.6. The molecule has 0 unspecified atom stereocenters. The second kappa shape index (κ2) is 5.10. The van der Waals surface area contributed by atoms with Gasteiger partial charge in [0.1, 0.15) is 0 Å². The first-order chi connectivity index (χ1) is 10.4. The van der Waals surface area contributed by atoms with Crippen molar-refractivity contribution in [3.8, 4) is 0 Å². The Morgan fingerprint density at radius 1 is 1.18 bits per heavy atom. The zero-order valence-corrected chi connectivity index (χ0v) is 10.8. The fourth-order valence-corrected chi connectivity index (χ4v) is 1.90. The minimum absolute atomic E-state index is 0.219. The van der Waals surface area contributed by atoms with E-state index in [4.69, 9.17) is 0 Å². The SMILES string of the molecule is O=C(Nc1n[nH]c(C(F)(F)F)n1)c1cccc2cccnc12. The molecular weight excluding hydrogens is 299 g/mol. The molecule has 2 heterocycles. The Bertz CT molecular complexity index is 838. The molecule has 22 heavy (non-hydrogen) atoms. The maximum absolute atomic E-state index is 12.4. The second-order valence-corrected chi connectivity index (χ2v) is 4.34. The van der Waals surface area contributed by atoms with Gasteiger partial charge in [0.15, 0.2) is 0 Å². The summed E-state index contributed by atoms with van der Waals surface area (Å²) in [5.41, 5.74) is 0.658. The van der Waals surface area contributed by atoms with E-state index in [0.717, 1.165) is 5.39 Å². The van der Waals surface area contributed by atoms with Gasteiger partial charge in [0, 0.05) is 11.6 Å². The number of pyridine rings is 1. The molecule has 0 aliphatic carbocycles. The zero-order chi connectivity index (χ0) is 15.7. The number of aromatic amines is 1. The number of hydrogen-bond donors (Lipinski definition) is 2. The van der Waals surface area contributed by atoms with Gasteiger partial charge in [-0.15, -0.1) is 5.10 Å². The van der Waals surface area contributed by atoms with E-state index in [9.17, 15) is 18.0 Å². The number of carbonyl (C=O) groups excluding carboxylic acids is 1. The highest BCUT2D eigenvalue weighted by Crippen LogP contribution is 2.26. The number of rotatable bonds is 2.